The van der Waals surface area contributed by atoms with E-state index in [0.29, 0.717) is 24.1 Å². The summed E-state index contributed by atoms with van der Waals surface area (Å²) in [4.78, 5) is 15.4. The molecule has 1 fully saturated rings. The van der Waals surface area contributed by atoms with Crippen LogP contribution >= 0.6 is 0 Å². The van der Waals surface area contributed by atoms with E-state index in [1.165, 1.54) is 0 Å². The maximum Gasteiger partial charge on any atom is 0.256 e. The molecule has 7 heteroatoms. The molecule has 0 aliphatic carbocycles. The lowest BCUT2D eigenvalue weighted by Crippen LogP contribution is -2.52. The minimum atomic E-state index is -0.0731. The third-order valence-electron chi connectivity index (χ3n) is 5.58. The fourth-order valence-corrected chi connectivity index (χ4v) is 4.00. The van der Waals surface area contributed by atoms with Crippen LogP contribution in [0.3, 0.4) is 0 Å². The van der Waals surface area contributed by atoms with Gasteiger partial charge in [0.1, 0.15) is 11.4 Å². The van der Waals surface area contributed by atoms with Crippen LogP contribution in [-0.2, 0) is 11.8 Å². The van der Waals surface area contributed by atoms with Crippen molar-refractivity contribution in [2.75, 3.05) is 32.8 Å². The number of ether oxygens (including phenoxy) is 1. The normalized spacial score (nSPS) is 16.6. The maximum absolute atomic E-state index is 12.9. The predicted octanol–water partition coefficient (Wildman–Crippen LogP) is 2.08. The molecule has 2 aromatic rings. The third kappa shape index (κ3) is 4.42. The van der Waals surface area contributed by atoms with Crippen LogP contribution in [0.15, 0.2) is 30.7 Å². The summed E-state index contributed by atoms with van der Waals surface area (Å²) in [7, 11) is 1.85. The number of hydrogen-bond acceptors (Lipinski definition) is 4. The van der Waals surface area contributed by atoms with Gasteiger partial charge in [-0.05, 0) is 18.1 Å². The number of carbonyl (C=O) groups is 1. The summed E-state index contributed by atoms with van der Waals surface area (Å²) in [6.07, 6.45) is 7.71. The SMILES string of the molecule is CCC(CC)[C@H](CNC(=O)c1cnn(C)c1-n1cccc1)N1CCOCC1. The van der Waals surface area contributed by atoms with E-state index in [1.54, 1.807) is 10.9 Å². The van der Waals surface area contributed by atoms with Crippen LogP contribution < -0.4 is 5.32 Å². The molecule has 27 heavy (non-hydrogen) atoms. The molecule has 1 atom stereocenters. The molecule has 7 nitrogen and oxygen atoms in total. The lowest BCUT2D eigenvalue weighted by atomic mass is 9.92. The molecule has 0 aromatic carbocycles. The van der Waals surface area contributed by atoms with E-state index in [0.717, 1.165) is 45.0 Å². The average molecular weight is 374 g/mol. The second-order valence-electron chi connectivity index (χ2n) is 7.10. The smallest absolute Gasteiger partial charge is 0.256 e. The van der Waals surface area contributed by atoms with Gasteiger partial charge in [0, 0.05) is 45.1 Å². The minimum Gasteiger partial charge on any atom is -0.379 e. The number of morpholine rings is 1. The van der Waals surface area contributed by atoms with E-state index in [-0.39, 0.29) is 5.91 Å². The van der Waals surface area contributed by atoms with Crippen LogP contribution in [0.2, 0.25) is 0 Å². The van der Waals surface area contributed by atoms with Crippen molar-refractivity contribution in [1.29, 1.82) is 0 Å². The van der Waals surface area contributed by atoms with Crippen molar-refractivity contribution in [3.63, 3.8) is 0 Å². The molecule has 3 heterocycles. The van der Waals surface area contributed by atoms with E-state index in [1.807, 2.05) is 36.1 Å². The topological polar surface area (TPSA) is 64.3 Å². The van der Waals surface area contributed by atoms with E-state index in [4.69, 9.17) is 4.74 Å². The lowest BCUT2D eigenvalue weighted by molar-refractivity contribution is 0.00191. The largest absolute Gasteiger partial charge is 0.379 e. The van der Waals surface area contributed by atoms with Crippen LogP contribution in [0.1, 0.15) is 37.0 Å². The Balaban J connectivity index is 1.73. The molecule has 1 amide bonds. The van der Waals surface area contributed by atoms with Gasteiger partial charge in [0.25, 0.3) is 5.91 Å². The lowest BCUT2D eigenvalue weighted by Gasteiger charge is -2.38. The Morgan fingerprint density at radius 1 is 1.22 bits per heavy atom. The second kappa shape index (κ2) is 9.19. The Hall–Kier alpha value is -2.12. The molecule has 1 N–H and O–H groups in total. The Bertz CT molecular complexity index is 715. The number of nitrogens with zero attached hydrogens (tertiary/aromatic N) is 4. The van der Waals surface area contributed by atoms with Crippen molar-refractivity contribution in [3.05, 3.63) is 36.3 Å². The van der Waals surface area contributed by atoms with E-state index >= 15 is 0 Å². The van der Waals surface area contributed by atoms with Gasteiger partial charge in [-0.3, -0.25) is 14.4 Å². The first-order valence-corrected chi connectivity index (χ1v) is 9.91. The van der Waals surface area contributed by atoms with Crippen molar-refractivity contribution >= 4 is 5.91 Å². The number of aryl methyl sites for hydroxylation is 1. The van der Waals surface area contributed by atoms with Crippen LogP contribution in [-0.4, -0.2) is 64.0 Å². The fourth-order valence-electron chi connectivity index (χ4n) is 4.00. The van der Waals surface area contributed by atoms with Gasteiger partial charge in [-0.15, -0.1) is 0 Å². The predicted molar refractivity (Wildman–Crippen MR) is 105 cm³/mol. The van der Waals surface area contributed by atoms with Crippen LogP contribution in [0.25, 0.3) is 5.82 Å². The zero-order chi connectivity index (χ0) is 19.2. The highest BCUT2D eigenvalue weighted by Gasteiger charge is 2.28. The fraction of sp³-hybridized carbons (Fsp3) is 0.600. The molecule has 0 unspecified atom stereocenters. The maximum atomic E-state index is 12.9. The molecule has 1 saturated heterocycles. The summed E-state index contributed by atoms with van der Waals surface area (Å²) in [6, 6.07) is 4.21. The zero-order valence-corrected chi connectivity index (χ0v) is 16.6. The quantitative estimate of drug-likeness (QED) is 0.769. The van der Waals surface area contributed by atoms with Gasteiger partial charge in [0.2, 0.25) is 0 Å². The van der Waals surface area contributed by atoms with Crippen LogP contribution in [0.4, 0.5) is 0 Å². The summed E-state index contributed by atoms with van der Waals surface area (Å²) in [6.45, 7) is 8.50. The molecule has 0 bridgehead atoms. The zero-order valence-electron chi connectivity index (χ0n) is 16.6. The Labute approximate surface area is 161 Å². The molecular weight excluding hydrogens is 342 g/mol. The van der Waals surface area contributed by atoms with Gasteiger partial charge in [0.15, 0.2) is 0 Å². The summed E-state index contributed by atoms with van der Waals surface area (Å²) in [5, 5.41) is 7.46. The van der Waals surface area contributed by atoms with Crippen molar-refractivity contribution in [3.8, 4) is 5.82 Å². The monoisotopic (exact) mass is 373 g/mol. The standard InChI is InChI=1S/C20H31N5O2/c1-4-16(5-2)18(24-10-12-27-13-11-24)15-21-19(26)17-14-22-23(3)20(17)25-8-6-7-9-25/h6-9,14,16,18H,4-5,10-13,15H2,1-3H3,(H,21,26)/t18-/m0/s1. The Morgan fingerprint density at radius 3 is 2.52 bits per heavy atom. The van der Waals surface area contributed by atoms with Crippen molar-refractivity contribution < 1.29 is 9.53 Å². The summed E-state index contributed by atoms with van der Waals surface area (Å²) >= 11 is 0. The van der Waals surface area contributed by atoms with Gasteiger partial charge in [-0.2, -0.15) is 5.10 Å². The van der Waals surface area contributed by atoms with Crippen molar-refractivity contribution in [2.45, 2.75) is 32.7 Å². The summed E-state index contributed by atoms with van der Waals surface area (Å²) < 4.78 is 9.16. The van der Waals surface area contributed by atoms with Crippen LogP contribution in [0.5, 0.6) is 0 Å². The number of carbonyl (C=O) groups excluding carboxylic acids is 1. The summed E-state index contributed by atoms with van der Waals surface area (Å²) in [5.41, 5.74) is 0.596. The highest BCUT2D eigenvalue weighted by molar-refractivity contribution is 5.97. The molecule has 1 aliphatic heterocycles. The van der Waals surface area contributed by atoms with Crippen molar-refractivity contribution in [1.82, 2.24) is 24.6 Å². The molecule has 3 rings (SSSR count). The minimum absolute atomic E-state index is 0.0731. The van der Waals surface area contributed by atoms with Gasteiger partial charge in [-0.25, -0.2) is 0 Å². The molecule has 0 spiro atoms. The second-order valence-corrected chi connectivity index (χ2v) is 7.10. The molecule has 148 valence electrons. The Kier molecular flexibility index (Phi) is 6.68. The average Bonchev–Trinajstić information content (AvgIpc) is 3.35. The first-order chi connectivity index (χ1) is 13.2. The number of rotatable bonds is 8. The van der Waals surface area contributed by atoms with Gasteiger partial charge in [-0.1, -0.05) is 26.7 Å². The molecular formula is C20H31N5O2. The number of aromatic nitrogens is 3. The van der Waals surface area contributed by atoms with E-state index < -0.39 is 0 Å². The molecule has 2 aromatic heterocycles. The van der Waals surface area contributed by atoms with Gasteiger partial charge < -0.3 is 14.6 Å². The highest BCUT2D eigenvalue weighted by Crippen LogP contribution is 2.20. The first kappa shape index (κ1) is 19.6. The summed E-state index contributed by atoms with van der Waals surface area (Å²) in [5.74, 6) is 1.26. The van der Waals surface area contributed by atoms with Crippen molar-refractivity contribution in [2.24, 2.45) is 13.0 Å². The highest BCUT2D eigenvalue weighted by atomic mass is 16.5. The first-order valence-electron chi connectivity index (χ1n) is 9.91. The van der Waals surface area contributed by atoms with Gasteiger partial charge in [0.05, 0.1) is 19.4 Å². The number of nitrogens with one attached hydrogen (secondary N) is 1. The number of hydrogen-bond donors (Lipinski definition) is 1. The number of amides is 1. The van der Waals surface area contributed by atoms with E-state index in [9.17, 15) is 4.79 Å². The van der Waals surface area contributed by atoms with E-state index in [2.05, 4.69) is 29.2 Å². The molecule has 1 aliphatic rings. The molecule has 0 saturated carbocycles. The molecule has 0 radical (unpaired) electrons. The Morgan fingerprint density at radius 2 is 1.89 bits per heavy atom. The van der Waals surface area contributed by atoms with Crippen LogP contribution in [0, 0.1) is 5.92 Å². The van der Waals surface area contributed by atoms with Gasteiger partial charge >= 0.3 is 0 Å². The third-order valence-corrected chi connectivity index (χ3v) is 5.58.